The number of aromatic nitrogens is 2. The minimum absolute atomic E-state index is 0.235. The van der Waals surface area contributed by atoms with E-state index in [-0.39, 0.29) is 6.04 Å². The lowest BCUT2D eigenvalue weighted by Crippen LogP contribution is -2.19. The third kappa shape index (κ3) is 2.71. The zero-order valence-corrected chi connectivity index (χ0v) is 10.8. The van der Waals surface area contributed by atoms with Crippen LogP contribution in [0.3, 0.4) is 0 Å². The summed E-state index contributed by atoms with van der Waals surface area (Å²) in [7, 11) is 0. The molecule has 5 nitrogen and oxygen atoms in total. The largest absolute Gasteiger partial charge is 0.486 e. The van der Waals surface area contributed by atoms with Crippen LogP contribution in [0, 0.1) is 0 Å². The topological polar surface area (TPSA) is 59.2 Å². The molecule has 1 aliphatic rings. The highest BCUT2D eigenvalue weighted by molar-refractivity contribution is 5.44. The van der Waals surface area contributed by atoms with E-state index in [0.717, 1.165) is 23.7 Å². The first-order valence-electron chi connectivity index (χ1n) is 6.44. The number of H-pyrrole nitrogens is 1. The number of nitrogens with one attached hydrogen (secondary N) is 2. The molecule has 0 bridgehead atoms. The molecule has 1 aromatic heterocycles. The number of ether oxygens (including phenoxy) is 2. The van der Waals surface area contributed by atoms with Crippen LogP contribution < -0.4 is 14.8 Å². The van der Waals surface area contributed by atoms with Gasteiger partial charge in [-0.05, 0) is 30.7 Å². The van der Waals surface area contributed by atoms with E-state index >= 15 is 0 Å². The van der Waals surface area contributed by atoms with Crippen LogP contribution in [0.5, 0.6) is 11.5 Å². The van der Waals surface area contributed by atoms with Crippen molar-refractivity contribution >= 4 is 0 Å². The SMILES string of the molecule is CC(NCc1ccn[nH]1)c1ccc2c(c1)OCCO2. The van der Waals surface area contributed by atoms with Crippen molar-refractivity contribution in [3.05, 3.63) is 41.7 Å². The molecule has 1 unspecified atom stereocenters. The summed E-state index contributed by atoms with van der Waals surface area (Å²) < 4.78 is 11.1. The van der Waals surface area contributed by atoms with Crippen LogP contribution in [0.4, 0.5) is 0 Å². The number of hydrogen-bond acceptors (Lipinski definition) is 4. The minimum atomic E-state index is 0.235. The van der Waals surface area contributed by atoms with E-state index in [1.54, 1.807) is 6.20 Å². The Morgan fingerprint density at radius 2 is 2.11 bits per heavy atom. The third-order valence-electron chi connectivity index (χ3n) is 3.22. The van der Waals surface area contributed by atoms with E-state index in [9.17, 15) is 0 Å². The molecule has 100 valence electrons. The van der Waals surface area contributed by atoms with Gasteiger partial charge in [0.25, 0.3) is 0 Å². The van der Waals surface area contributed by atoms with Crippen molar-refractivity contribution in [2.75, 3.05) is 13.2 Å². The Kier molecular flexibility index (Phi) is 3.37. The van der Waals surface area contributed by atoms with Gasteiger partial charge in [-0.25, -0.2) is 0 Å². The van der Waals surface area contributed by atoms with Gasteiger partial charge in [-0.3, -0.25) is 5.10 Å². The molecule has 0 spiro atoms. The molecule has 1 aromatic carbocycles. The Bertz CT molecular complexity index is 540. The first-order valence-corrected chi connectivity index (χ1v) is 6.44. The van der Waals surface area contributed by atoms with Crippen LogP contribution >= 0.6 is 0 Å². The number of aromatic amines is 1. The molecule has 2 N–H and O–H groups in total. The maximum absolute atomic E-state index is 5.60. The standard InChI is InChI=1S/C14H17N3O2/c1-10(15-9-12-4-5-16-17-12)11-2-3-13-14(8-11)19-7-6-18-13/h2-5,8,10,15H,6-7,9H2,1H3,(H,16,17). The molecule has 19 heavy (non-hydrogen) atoms. The van der Waals surface area contributed by atoms with Crippen molar-refractivity contribution in [2.45, 2.75) is 19.5 Å². The van der Waals surface area contributed by atoms with E-state index < -0.39 is 0 Å². The quantitative estimate of drug-likeness (QED) is 0.882. The molecule has 3 rings (SSSR count). The highest BCUT2D eigenvalue weighted by Crippen LogP contribution is 2.32. The van der Waals surface area contributed by atoms with Gasteiger partial charge in [0.15, 0.2) is 11.5 Å². The number of fused-ring (bicyclic) bond motifs is 1. The molecule has 1 atom stereocenters. The summed E-state index contributed by atoms with van der Waals surface area (Å²) in [5.41, 5.74) is 2.26. The lowest BCUT2D eigenvalue weighted by Gasteiger charge is -2.21. The Morgan fingerprint density at radius 1 is 1.26 bits per heavy atom. The van der Waals surface area contributed by atoms with Gasteiger partial charge in [0.05, 0.1) is 0 Å². The summed E-state index contributed by atoms with van der Waals surface area (Å²) in [4.78, 5) is 0. The molecule has 5 heteroatoms. The van der Waals surface area contributed by atoms with Crippen molar-refractivity contribution in [1.29, 1.82) is 0 Å². The van der Waals surface area contributed by atoms with Crippen molar-refractivity contribution in [3.63, 3.8) is 0 Å². The van der Waals surface area contributed by atoms with Crippen molar-refractivity contribution in [3.8, 4) is 11.5 Å². The molecule has 2 aromatic rings. The Balaban J connectivity index is 1.67. The minimum Gasteiger partial charge on any atom is -0.486 e. The second-order valence-corrected chi connectivity index (χ2v) is 4.59. The van der Waals surface area contributed by atoms with Gasteiger partial charge >= 0.3 is 0 Å². The second-order valence-electron chi connectivity index (χ2n) is 4.59. The monoisotopic (exact) mass is 259 g/mol. The lowest BCUT2D eigenvalue weighted by atomic mass is 10.1. The fraction of sp³-hybridized carbons (Fsp3) is 0.357. The molecule has 1 aliphatic heterocycles. The fourth-order valence-corrected chi connectivity index (χ4v) is 2.09. The van der Waals surface area contributed by atoms with Crippen molar-refractivity contribution < 1.29 is 9.47 Å². The van der Waals surface area contributed by atoms with Gasteiger partial charge in [0.1, 0.15) is 13.2 Å². The molecule has 0 amide bonds. The van der Waals surface area contributed by atoms with Crippen LogP contribution in [0.15, 0.2) is 30.5 Å². The Morgan fingerprint density at radius 3 is 2.89 bits per heavy atom. The smallest absolute Gasteiger partial charge is 0.161 e. The van der Waals surface area contributed by atoms with Gasteiger partial charge in [-0.1, -0.05) is 6.07 Å². The van der Waals surface area contributed by atoms with E-state index in [1.807, 2.05) is 18.2 Å². The zero-order chi connectivity index (χ0) is 13.1. The maximum atomic E-state index is 5.60. The molecular weight excluding hydrogens is 242 g/mol. The number of rotatable bonds is 4. The summed E-state index contributed by atoms with van der Waals surface area (Å²) in [5.74, 6) is 1.66. The first kappa shape index (κ1) is 12.0. The van der Waals surface area contributed by atoms with E-state index in [2.05, 4.69) is 28.5 Å². The van der Waals surface area contributed by atoms with Gasteiger partial charge in [-0.15, -0.1) is 0 Å². The maximum Gasteiger partial charge on any atom is 0.161 e. The summed E-state index contributed by atoms with van der Waals surface area (Å²) in [6.07, 6.45) is 1.76. The molecule has 0 saturated carbocycles. The molecule has 2 heterocycles. The van der Waals surface area contributed by atoms with Gasteiger partial charge < -0.3 is 14.8 Å². The zero-order valence-electron chi connectivity index (χ0n) is 10.8. The van der Waals surface area contributed by atoms with Gasteiger partial charge in [0.2, 0.25) is 0 Å². The van der Waals surface area contributed by atoms with Crippen molar-refractivity contribution in [2.24, 2.45) is 0 Å². The summed E-state index contributed by atoms with van der Waals surface area (Å²) in [6, 6.07) is 8.28. The fourth-order valence-electron chi connectivity index (χ4n) is 2.09. The van der Waals surface area contributed by atoms with E-state index in [4.69, 9.17) is 9.47 Å². The van der Waals surface area contributed by atoms with Crippen LogP contribution in [0.1, 0.15) is 24.2 Å². The van der Waals surface area contributed by atoms with Gasteiger partial charge in [-0.2, -0.15) is 5.10 Å². The summed E-state index contributed by atoms with van der Waals surface area (Å²) in [5, 5.41) is 10.3. The van der Waals surface area contributed by atoms with Gasteiger partial charge in [0, 0.05) is 24.5 Å². The Labute approximate surface area is 111 Å². The molecule has 0 aliphatic carbocycles. The number of nitrogens with zero attached hydrogens (tertiary/aromatic N) is 1. The van der Waals surface area contributed by atoms with Crippen LogP contribution in [-0.4, -0.2) is 23.4 Å². The highest BCUT2D eigenvalue weighted by atomic mass is 16.6. The second kappa shape index (κ2) is 5.32. The van der Waals surface area contributed by atoms with E-state index in [0.29, 0.717) is 13.2 Å². The lowest BCUT2D eigenvalue weighted by molar-refractivity contribution is 0.171. The molecular formula is C14H17N3O2. The number of hydrogen-bond donors (Lipinski definition) is 2. The summed E-state index contributed by atoms with van der Waals surface area (Å²) in [6.45, 7) is 4.13. The molecule has 0 saturated heterocycles. The number of benzene rings is 1. The predicted octanol–water partition coefficient (Wildman–Crippen LogP) is 2.03. The average Bonchev–Trinajstić information content (AvgIpc) is 2.97. The normalized spacial score (nSPS) is 15.2. The van der Waals surface area contributed by atoms with Crippen LogP contribution in [0.2, 0.25) is 0 Å². The van der Waals surface area contributed by atoms with Crippen molar-refractivity contribution in [1.82, 2.24) is 15.5 Å². The molecule has 0 fully saturated rings. The predicted molar refractivity (Wildman–Crippen MR) is 71.3 cm³/mol. The third-order valence-corrected chi connectivity index (χ3v) is 3.22. The summed E-state index contributed by atoms with van der Waals surface area (Å²) >= 11 is 0. The Hall–Kier alpha value is -2.01. The molecule has 0 radical (unpaired) electrons. The van der Waals surface area contributed by atoms with Crippen LogP contribution in [-0.2, 0) is 6.54 Å². The van der Waals surface area contributed by atoms with E-state index in [1.165, 1.54) is 5.56 Å². The highest BCUT2D eigenvalue weighted by Gasteiger charge is 2.14. The van der Waals surface area contributed by atoms with Crippen LogP contribution in [0.25, 0.3) is 0 Å². The first-order chi connectivity index (χ1) is 9.33. The average molecular weight is 259 g/mol.